The molecule has 10 heteroatoms. The van der Waals surface area contributed by atoms with Gasteiger partial charge in [0.1, 0.15) is 0 Å². The van der Waals surface area contributed by atoms with Crippen LogP contribution in [0.1, 0.15) is 26.7 Å². The second-order valence-corrected chi connectivity index (χ2v) is 5.77. The Morgan fingerprint density at radius 1 is 0.783 bits per heavy atom. The molecule has 0 aromatic carbocycles. The largest absolute Gasteiger partial charge is 0.481 e. The van der Waals surface area contributed by atoms with Crippen molar-refractivity contribution in [3.63, 3.8) is 0 Å². The number of aliphatic hydroxyl groups is 2. The first kappa shape index (κ1) is 20.8. The monoisotopic (exact) mass is 334 g/mol. The molecule has 132 valence electrons. The van der Waals surface area contributed by atoms with Crippen molar-refractivity contribution in [1.82, 2.24) is 10.6 Å². The average molecular weight is 334 g/mol. The zero-order chi connectivity index (χ0) is 18.3. The highest BCUT2D eigenvalue weighted by Gasteiger charge is 2.37. The predicted octanol–water partition coefficient (Wildman–Crippen LogP) is -1.88. The molecule has 0 spiro atoms. The smallest absolute Gasteiger partial charge is 0.304 e. The van der Waals surface area contributed by atoms with Gasteiger partial charge in [-0.1, -0.05) is 0 Å². The highest BCUT2D eigenvalue weighted by molar-refractivity contribution is 5.88. The van der Waals surface area contributed by atoms with E-state index in [1.807, 2.05) is 0 Å². The van der Waals surface area contributed by atoms with Gasteiger partial charge in [0.2, 0.25) is 11.8 Å². The lowest BCUT2D eigenvalue weighted by molar-refractivity contribution is -0.147. The van der Waals surface area contributed by atoms with E-state index in [2.05, 4.69) is 10.6 Å². The van der Waals surface area contributed by atoms with Crippen LogP contribution in [0.15, 0.2) is 0 Å². The van der Waals surface area contributed by atoms with Gasteiger partial charge >= 0.3 is 11.9 Å². The number of nitrogens with one attached hydrogen (secondary N) is 2. The normalized spacial score (nSPS) is 15.8. The Hall–Kier alpha value is -2.20. The SMILES string of the molecule is CC(CO)(CC(=O)O)C(=O)NCNC(=O)C(C)(CO)CC(=O)O. The summed E-state index contributed by atoms with van der Waals surface area (Å²) in [4.78, 5) is 45.1. The van der Waals surface area contributed by atoms with Crippen LogP contribution in [0, 0.1) is 10.8 Å². The molecule has 2 amide bonds. The van der Waals surface area contributed by atoms with Crippen molar-refractivity contribution in [3.8, 4) is 0 Å². The first-order valence-electron chi connectivity index (χ1n) is 6.72. The van der Waals surface area contributed by atoms with Crippen LogP contribution in [0.3, 0.4) is 0 Å². The number of aliphatic hydroxyl groups excluding tert-OH is 2. The van der Waals surface area contributed by atoms with Crippen LogP contribution in [0.25, 0.3) is 0 Å². The number of amides is 2. The summed E-state index contributed by atoms with van der Waals surface area (Å²) in [5.41, 5.74) is -3.12. The third kappa shape index (κ3) is 6.20. The fourth-order valence-corrected chi connectivity index (χ4v) is 1.72. The molecule has 0 fully saturated rings. The van der Waals surface area contributed by atoms with Crippen LogP contribution in [0.4, 0.5) is 0 Å². The Bertz CT molecular complexity index is 439. The number of hydrogen-bond donors (Lipinski definition) is 6. The van der Waals surface area contributed by atoms with Gasteiger partial charge in [0.15, 0.2) is 0 Å². The minimum Gasteiger partial charge on any atom is -0.481 e. The molecule has 0 heterocycles. The number of carboxylic acid groups (broad SMARTS) is 2. The first-order valence-corrected chi connectivity index (χ1v) is 6.72. The summed E-state index contributed by atoms with van der Waals surface area (Å²) in [5.74, 6) is -4.11. The molecule has 0 saturated heterocycles. The molecule has 6 N–H and O–H groups in total. The Labute approximate surface area is 132 Å². The minimum absolute atomic E-state index is 0.401. The van der Waals surface area contributed by atoms with Gasteiger partial charge in [-0.25, -0.2) is 0 Å². The molecule has 0 aliphatic rings. The summed E-state index contributed by atoms with van der Waals surface area (Å²) in [5, 5.41) is 40.3. The van der Waals surface area contributed by atoms with E-state index < -0.39 is 67.3 Å². The van der Waals surface area contributed by atoms with Crippen molar-refractivity contribution in [3.05, 3.63) is 0 Å². The maximum atomic E-state index is 11.9. The summed E-state index contributed by atoms with van der Waals surface area (Å²) in [6, 6.07) is 0. The van der Waals surface area contributed by atoms with Crippen molar-refractivity contribution in [1.29, 1.82) is 0 Å². The van der Waals surface area contributed by atoms with Crippen molar-refractivity contribution in [2.24, 2.45) is 10.8 Å². The molecule has 10 nitrogen and oxygen atoms in total. The van der Waals surface area contributed by atoms with Gasteiger partial charge in [0.25, 0.3) is 0 Å². The number of rotatable bonds is 10. The lowest BCUT2D eigenvalue weighted by Gasteiger charge is -2.26. The quantitative estimate of drug-likeness (QED) is 0.252. The molecule has 0 bridgehead atoms. The number of aliphatic carboxylic acids is 2. The zero-order valence-corrected chi connectivity index (χ0v) is 13.0. The van der Waals surface area contributed by atoms with Gasteiger partial charge in [-0.3, -0.25) is 19.2 Å². The third-order valence-corrected chi connectivity index (χ3v) is 3.37. The van der Waals surface area contributed by atoms with E-state index in [0.29, 0.717) is 0 Å². The molecule has 0 aromatic heterocycles. The molecular weight excluding hydrogens is 312 g/mol. The van der Waals surface area contributed by atoms with Gasteiger partial charge in [0.05, 0.1) is 43.6 Å². The standard InChI is InChI=1S/C13H22N2O8/c1-12(5-16,3-8(18)19)10(22)14-7-15-11(23)13(2,6-17)4-9(20)21/h16-17H,3-7H2,1-2H3,(H,14,22)(H,15,23)(H,18,19)(H,20,21). The van der Waals surface area contributed by atoms with E-state index in [1.54, 1.807) is 0 Å². The highest BCUT2D eigenvalue weighted by Crippen LogP contribution is 2.21. The topological polar surface area (TPSA) is 173 Å². The maximum absolute atomic E-state index is 11.9. The lowest BCUT2D eigenvalue weighted by atomic mass is 9.86. The van der Waals surface area contributed by atoms with Gasteiger partial charge in [-0.2, -0.15) is 0 Å². The summed E-state index contributed by atoms with van der Waals surface area (Å²) in [7, 11) is 0. The Balaban J connectivity index is 4.64. The van der Waals surface area contributed by atoms with Crippen LogP contribution >= 0.6 is 0 Å². The van der Waals surface area contributed by atoms with Gasteiger partial charge in [-0.05, 0) is 13.8 Å². The van der Waals surface area contributed by atoms with E-state index in [9.17, 15) is 19.2 Å². The fraction of sp³-hybridized carbons (Fsp3) is 0.692. The molecule has 0 radical (unpaired) electrons. The van der Waals surface area contributed by atoms with Crippen LogP contribution < -0.4 is 10.6 Å². The lowest BCUT2D eigenvalue weighted by Crippen LogP contribution is -2.50. The molecular formula is C13H22N2O8. The van der Waals surface area contributed by atoms with Crippen LogP contribution in [0.2, 0.25) is 0 Å². The van der Waals surface area contributed by atoms with E-state index in [0.717, 1.165) is 0 Å². The van der Waals surface area contributed by atoms with Gasteiger partial charge in [-0.15, -0.1) is 0 Å². The first-order chi connectivity index (χ1) is 10.5. The third-order valence-electron chi connectivity index (χ3n) is 3.37. The fourth-order valence-electron chi connectivity index (χ4n) is 1.72. The summed E-state index contributed by atoms with van der Waals surface area (Å²) >= 11 is 0. The second-order valence-electron chi connectivity index (χ2n) is 5.77. The number of carbonyl (C=O) groups excluding carboxylic acids is 2. The molecule has 0 aromatic rings. The van der Waals surface area contributed by atoms with E-state index >= 15 is 0 Å². The molecule has 0 aliphatic heterocycles. The Kier molecular flexibility index (Phi) is 7.63. The van der Waals surface area contributed by atoms with Crippen LogP contribution in [-0.4, -0.2) is 64.1 Å². The van der Waals surface area contributed by atoms with Gasteiger partial charge in [0, 0.05) is 0 Å². The average Bonchev–Trinajstić information content (AvgIpc) is 2.45. The van der Waals surface area contributed by atoms with E-state index in [-0.39, 0.29) is 0 Å². The Morgan fingerprint density at radius 2 is 1.09 bits per heavy atom. The predicted molar refractivity (Wildman–Crippen MR) is 76.0 cm³/mol. The summed E-state index contributed by atoms with van der Waals surface area (Å²) in [6.45, 7) is 0.696. The molecule has 2 unspecified atom stereocenters. The van der Waals surface area contributed by atoms with Crippen molar-refractivity contribution in [2.45, 2.75) is 26.7 Å². The van der Waals surface area contributed by atoms with Gasteiger partial charge < -0.3 is 31.1 Å². The molecule has 0 saturated carbocycles. The highest BCUT2D eigenvalue weighted by atomic mass is 16.4. The minimum atomic E-state index is -1.56. The van der Waals surface area contributed by atoms with E-state index in [4.69, 9.17) is 20.4 Å². The number of carboxylic acids is 2. The molecule has 2 atom stereocenters. The second kappa shape index (κ2) is 8.44. The molecule has 0 rings (SSSR count). The summed E-state index contributed by atoms with van der Waals surface area (Å²) < 4.78 is 0. The van der Waals surface area contributed by atoms with Crippen molar-refractivity contribution >= 4 is 23.8 Å². The zero-order valence-electron chi connectivity index (χ0n) is 13.0. The molecule has 23 heavy (non-hydrogen) atoms. The van der Waals surface area contributed by atoms with Crippen molar-refractivity contribution < 1.29 is 39.6 Å². The Morgan fingerprint density at radius 3 is 1.30 bits per heavy atom. The maximum Gasteiger partial charge on any atom is 0.304 e. The number of hydrogen-bond acceptors (Lipinski definition) is 6. The van der Waals surface area contributed by atoms with Crippen LogP contribution in [0.5, 0.6) is 0 Å². The van der Waals surface area contributed by atoms with E-state index in [1.165, 1.54) is 13.8 Å². The molecule has 0 aliphatic carbocycles. The van der Waals surface area contributed by atoms with Crippen LogP contribution in [-0.2, 0) is 19.2 Å². The number of carbonyl (C=O) groups is 4. The summed E-state index contributed by atoms with van der Waals surface area (Å²) in [6.07, 6.45) is -1.20. The van der Waals surface area contributed by atoms with Crippen molar-refractivity contribution in [2.75, 3.05) is 19.9 Å².